The average Bonchev–Trinajstić information content (AvgIpc) is 2.40. The first-order valence-electron chi connectivity index (χ1n) is 6.06. The molecule has 1 aromatic carbocycles. The molecule has 0 aliphatic rings. The first kappa shape index (κ1) is 15.6. The Kier molecular flexibility index (Phi) is 7.80. The number of benzene rings is 1. The summed E-state index contributed by atoms with van der Waals surface area (Å²) >= 11 is 1.31. The quantitative estimate of drug-likeness (QED) is 0.592. The van der Waals surface area contributed by atoms with Crippen LogP contribution >= 0.6 is 11.8 Å². The molecule has 0 aliphatic carbocycles. The monoisotopic (exact) mass is 278 g/mol. The van der Waals surface area contributed by atoms with E-state index in [9.17, 15) is 4.79 Å². The molecule has 0 bridgehead atoms. The fraction of sp³-hybridized carbons (Fsp3) is 0.400. The molecule has 3 nitrogen and oxygen atoms in total. The highest BCUT2D eigenvalue weighted by Crippen LogP contribution is 2.11. The zero-order chi connectivity index (χ0) is 13.9. The Bertz CT molecular complexity index is 443. The van der Waals surface area contributed by atoms with Crippen molar-refractivity contribution in [1.82, 2.24) is 0 Å². The highest BCUT2D eigenvalue weighted by Gasteiger charge is 1.94. The molecule has 0 saturated heterocycles. The van der Waals surface area contributed by atoms with Gasteiger partial charge in [-0.25, -0.2) is 0 Å². The van der Waals surface area contributed by atoms with E-state index in [2.05, 4.69) is 11.8 Å². The first-order chi connectivity index (χ1) is 9.22. The van der Waals surface area contributed by atoms with Gasteiger partial charge in [-0.05, 0) is 24.3 Å². The average molecular weight is 278 g/mol. The van der Waals surface area contributed by atoms with Gasteiger partial charge in [-0.3, -0.25) is 4.79 Å². The molecular formula is C15H18O3S. The smallest absolute Gasteiger partial charge is 0.185 e. The number of rotatable bonds is 6. The van der Waals surface area contributed by atoms with Crippen LogP contribution in [0, 0.1) is 11.8 Å². The van der Waals surface area contributed by atoms with E-state index in [4.69, 9.17) is 9.47 Å². The molecule has 4 heteroatoms. The molecule has 0 spiro atoms. The van der Waals surface area contributed by atoms with Crippen LogP contribution in [0.1, 0.15) is 18.9 Å². The van der Waals surface area contributed by atoms with E-state index in [1.807, 2.05) is 24.3 Å². The van der Waals surface area contributed by atoms with Gasteiger partial charge < -0.3 is 9.47 Å². The van der Waals surface area contributed by atoms with Crippen LogP contribution in [0.3, 0.4) is 0 Å². The third-order valence-corrected chi connectivity index (χ3v) is 2.99. The van der Waals surface area contributed by atoms with Gasteiger partial charge in [0.15, 0.2) is 5.12 Å². The van der Waals surface area contributed by atoms with Gasteiger partial charge in [-0.15, -0.1) is 0 Å². The maximum Gasteiger partial charge on any atom is 0.185 e. The molecule has 1 aromatic rings. The molecule has 0 radical (unpaired) electrons. The highest BCUT2D eigenvalue weighted by atomic mass is 32.2. The molecule has 0 aliphatic heterocycles. The summed E-state index contributed by atoms with van der Waals surface area (Å²) in [6.07, 6.45) is 0.719. The highest BCUT2D eigenvalue weighted by molar-refractivity contribution is 8.13. The van der Waals surface area contributed by atoms with Crippen molar-refractivity contribution >= 4 is 16.9 Å². The largest absolute Gasteiger partial charge is 0.491 e. The second-order valence-electron chi connectivity index (χ2n) is 3.76. The maximum atomic E-state index is 10.7. The number of hydrogen-bond acceptors (Lipinski definition) is 4. The van der Waals surface area contributed by atoms with Gasteiger partial charge in [0.2, 0.25) is 0 Å². The van der Waals surface area contributed by atoms with Crippen molar-refractivity contribution in [3.05, 3.63) is 29.8 Å². The standard InChI is InChI=1S/C15H18O3S/c1-13(16)19-12-4-3-5-14-6-8-15(9-7-14)18-11-10-17-2/h6-9H,4,10-12H2,1-2H3. The van der Waals surface area contributed by atoms with Crippen LogP contribution in [0.5, 0.6) is 5.75 Å². The predicted octanol–water partition coefficient (Wildman–Crippen LogP) is 2.73. The van der Waals surface area contributed by atoms with E-state index in [-0.39, 0.29) is 5.12 Å². The van der Waals surface area contributed by atoms with Crippen molar-refractivity contribution in [2.24, 2.45) is 0 Å². The summed E-state index contributed by atoms with van der Waals surface area (Å²) in [5.41, 5.74) is 0.951. The molecular weight excluding hydrogens is 260 g/mol. The number of carbonyl (C=O) groups excluding carboxylic acids is 1. The zero-order valence-corrected chi connectivity index (χ0v) is 12.1. The van der Waals surface area contributed by atoms with Crippen LogP contribution in [-0.4, -0.2) is 31.2 Å². The van der Waals surface area contributed by atoms with Gasteiger partial charge in [0.05, 0.1) is 6.61 Å². The zero-order valence-electron chi connectivity index (χ0n) is 11.3. The maximum absolute atomic E-state index is 10.7. The van der Waals surface area contributed by atoms with Gasteiger partial charge >= 0.3 is 0 Å². The van der Waals surface area contributed by atoms with E-state index < -0.39 is 0 Å². The minimum Gasteiger partial charge on any atom is -0.491 e. The fourth-order valence-electron chi connectivity index (χ4n) is 1.29. The second kappa shape index (κ2) is 9.48. The number of hydrogen-bond donors (Lipinski definition) is 0. The van der Waals surface area contributed by atoms with Crippen LogP contribution in [0.15, 0.2) is 24.3 Å². The predicted molar refractivity (Wildman–Crippen MR) is 78.4 cm³/mol. The Morgan fingerprint density at radius 2 is 2.00 bits per heavy atom. The Hall–Kier alpha value is -1.44. The summed E-state index contributed by atoms with van der Waals surface area (Å²) in [6, 6.07) is 7.63. The SMILES string of the molecule is COCCOc1ccc(C#CCCSC(C)=O)cc1. The molecule has 1 rings (SSSR count). The topological polar surface area (TPSA) is 35.5 Å². The lowest BCUT2D eigenvalue weighted by atomic mass is 10.2. The van der Waals surface area contributed by atoms with E-state index >= 15 is 0 Å². The molecule has 0 aromatic heterocycles. The molecule has 0 heterocycles. The first-order valence-corrected chi connectivity index (χ1v) is 7.05. The van der Waals surface area contributed by atoms with Crippen LogP contribution in [0.2, 0.25) is 0 Å². The van der Waals surface area contributed by atoms with Crippen LogP contribution in [-0.2, 0) is 9.53 Å². The molecule has 0 unspecified atom stereocenters. The molecule has 0 saturated carbocycles. The summed E-state index contributed by atoms with van der Waals surface area (Å²) in [6.45, 7) is 2.69. The van der Waals surface area contributed by atoms with Gasteiger partial charge in [-0.2, -0.15) is 0 Å². The van der Waals surface area contributed by atoms with E-state index in [1.165, 1.54) is 11.8 Å². The van der Waals surface area contributed by atoms with Crippen molar-refractivity contribution in [2.45, 2.75) is 13.3 Å². The molecule has 19 heavy (non-hydrogen) atoms. The molecule has 0 atom stereocenters. The number of thioether (sulfide) groups is 1. The van der Waals surface area contributed by atoms with Gasteiger partial charge in [0.25, 0.3) is 0 Å². The molecule has 0 N–H and O–H groups in total. The lowest BCUT2D eigenvalue weighted by Crippen LogP contribution is -2.03. The van der Waals surface area contributed by atoms with Crippen LogP contribution in [0.25, 0.3) is 0 Å². The Balaban J connectivity index is 2.35. The van der Waals surface area contributed by atoms with Gasteiger partial charge in [0, 0.05) is 31.8 Å². The molecule has 0 amide bonds. The van der Waals surface area contributed by atoms with Crippen molar-refractivity contribution < 1.29 is 14.3 Å². The summed E-state index contributed by atoms with van der Waals surface area (Å²) in [7, 11) is 1.65. The molecule has 102 valence electrons. The third kappa shape index (κ3) is 7.55. The van der Waals surface area contributed by atoms with Crippen LogP contribution in [0.4, 0.5) is 0 Å². The Morgan fingerprint density at radius 1 is 1.26 bits per heavy atom. The van der Waals surface area contributed by atoms with E-state index in [0.29, 0.717) is 13.2 Å². The summed E-state index contributed by atoms with van der Waals surface area (Å²) < 4.78 is 10.4. The number of methoxy groups -OCH3 is 1. The normalized spacial score (nSPS) is 9.58. The number of ether oxygens (including phenoxy) is 2. The van der Waals surface area contributed by atoms with Gasteiger partial charge in [0.1, 0.15) is 12.4 Å². The van der Waals surface area contributed by atoms with Crippen molar-refractivity contribution in [3.8, 4) is 17.6 Å². The minimum absolute atomic E-state index is 0.138. The summed E-state index contributed by atoms with van der Waals surface area (Å²) in [5.74, 6) is 7.67. The fourth-order valence-corrected chi connectivity index (χ4v) is 1.78. The third-order valence-electron chi connectivity index (χ3n) is 2.18. The molecule has 0 fully saturated rings. The van der Waals surface area contributed by atoms with Crippen molar-refractivity contribution in [3.63, 3.8) is 0 Å². The lowest BCUT2D eigenvalue weighted by molar-refractivity contribution is -0.109. The van der Waals surface area contributed by atoms with Crippen molar-refractivity contribution in [1.29, 1.82) is 0 Å². The van der Waals surface area contributed by atoms with E-state index in [0.717, 1.165) is 23.5 Å². The Morgan fingerprint density at radius 3 is 2.63 bits per heavy atom. The number of carbonyl (C=O) groups is 1. The second-order valence-corrected chi connectivity index (χ2v) is 5.03. The lowest BCUT2D eigenvalue weighted by Gasteiger charge is -2.04. The van der Waals surface area contributed by atoms with E-state index in [1.54, 1.807) is 14.0 Å². The summed E-state index contributed by atoms with van der Waals surface area (Å²) in [5, 5.41) is 0.138. The minimum atomic E-state index is 0.138. The van der Waals surface area contributed by atoms with Crippen molar-refractivity contribution in [2.75, 3.05) is 26.1 Å². The summed E-state index contributed by atoms with van der Waals surface area (Å²) in [4.78, 5) is 10.7. The van der Waals surface area contributed by atoms with Gasteiger partial charge in [-0.1, -0.05) is 23.6 Å². The van der Waals surface area contributed by atoms with Crippen LogP contribution < -0.4 is 4.74 Å². The Labute approximate surface area is 118 Å².